The first-order valence-corrected chi connectivity index (χ1v) is 7.56. The van der Waals surface area contributed by atoms with Crippen LogP contribution in [0.5, 0.6) is 0 Å². The monoisotopic (exact) mass is 345 g/mol. The standard InChI is InChI=1S/C17H19N3O5/c1-10-6-11(2)8-12(7-10)15(16(23)24)18-13(21)9-20-5-4-14(22)19(3)17(20)25/h4-8,15H,9H2,1-3H3,(H,18,21)(H,23,24). The third-order valence-electron chi connectivity index (χ3n) is 3.70. The number of carbonyl (C=O) groups excluding carboxylic acids is 1. The molecular weight excluding hydrogens is 326 g/mol. The van der Waals surface area contributed by atoms with E-state index in [0.717, 1.165) is 26.3 Å². The summed E-state index contributed by atoms with van der Waals surface area (Å²) in [7, 11) is 1.30. The van der Waals surface area contributed by atoms with E-state index in [1.54, 1.807) is 12.1 Å². The summed E-state index contributed by atoms with van der Waals surface area (Å²) in [5.41, 5.74) is 1.07. The molecule has 0 aliphatic heterocycles. The Hall–Kier alpha value is -3.16. The summed E-state index contributed by atoms with van der Waals surface area (Å²) in [6.07, 6.45) is 1.21. The Morgan fingerprint density at radius 1 is 1.16 bits per heavy atom. The number of aliphatic carboxylic acids is 1. The minimum Gasteiger partial charge on any atom is -0.479 e. The SMILES string of the molecule is Cc1cc(C)cc(C(NC(=O)Cn2ccc(=O)n(C)c2=O)C(=O)O)c1. The van der Waals surface area contributed by atoms with E-state index >= 15 is 0 Å². The number of carboxylic acids is 1. The lowest BCUT2D eigenvalue weighted by molar-refractivity contribution is -0.142. The van der Waals surface area contributed by atoms with Gasteiger partial charge in [-0.05, 0) is 19.4 Å². The summed E-state index contributed by atoms with van der Waals surface area (Å²) in [6, 6.07) is 5.20. The molecule has 0 fully saturated rings. The molecule has 0 saturated heterocycles. The maximum atomic E-state index is 12.2. The fraction of sp³-hybridized carbons (Fsp3) is 0.294. The maximum Gasteiger partial charge on any atom is 0.331 e. The van der Waals surface area contributed by atoms with Gasteiger partial charge < -0.3 is 10.4 Å². The average Bonchev–Trinajstić information content (AvgIpc) is 2.52. The number of aromatic nitrogens is 2. The minimum absolute atomic E-state index is 0.387. The number of amides is 1. The summed E-state index contributed by atoms with van der Waals surface area (Å²) in [6.45, 7) is 3.28. The molecule has 132 valence electrons. The van der Waals surface area contributed by atoms with Crippen molar-refractivity contribution in [3.05, 3.63) is 68.0 Å². The Morgan fingerprint density at radius 2 is 1.76 bits per heavy atom. The summed E-state index contributed by atoms with van der Waals surface area (Å²) in [5.74, 6) is -1.85. The largest absolute Gasteiger partial charge is 0.479 e. The molecule has 2 rings (SSSR count). The van der Waals surface area contributed by atoms with Gasteiger partial charge in [-0.3, -0.25) is 18.7 Å². The molecule has 1 atom stereocenters. The number of aryl methyl sites for hydroxylation is 2. The molecule has 0 aliphatic rings. The van der Waals surface area contributed by atoms with Gasteiger partial charge in [0.2, 0.25) is 5.91 Å². The van der Waals surface area contributed by atoms with E-state index in [1.165, 1.54) is 13.2 Å². The summed E-state index contributed by atoms with van der Waals surface area (Å²) >= 11 is 0. The van der Waals surface area contributed by atoms with Gasteiger partial charge in [0.25, 0.3) is 5.56 Å². The van der Waals surface area contributed by atoms with Gasteiger partial charge in [0.1, 0.15) is 6.54 Å². The van der Waals surface area contributed by atoms with E-state index < -0.39 is 29.2 Å². The zero-order valence-corrected chi connectivity index (χ0v) is 14.1. The molecule has 8 heteroatoms. The Bertz CT molecular complexity index is 922. The molecule has 0 spiro atoms. The number of nitrogens with zero attached hydrogens (tertiary/aromatic N) is 2. The molecule has 8 nitrogen and oxygen atoms in total. The van der Waals surface area contributed by atoms with Gasteiger partial charge in [-0.1, -0.05) is 29.3 Å². The van der Waals surface area contributed by atoms with Crippen molar-refractivity contribution >= 4 is 11.9 Å². The van der Waals surface area contributed by atoms with Crippen LogP contribution in [0.3, 0.4) is 0 Å². The highest BCUT2D eigenvalue weighted by molar-refractivity contribution is 5.84. The third kappa shape index (κ3) is 4.23. The number of carboxylic acid groups (broad SMARTS) is 1. The molecule has 2 aromatic rings. The minimum atomic E-state index is -1.23. The molecule has 25 heavy (non-hydrogen) atoms. The predicted octanol–water partition coefficient (Wildman–Crippen LogP) is 0.106. The number of hydrogen-bond donors (Lipinski definition) is 2. The normalized spacial score (nSPS) is 11.8. The van der Waals surface area contributed by atoms with Crippen LogP contribution in [0.15, 0.2) is 40.1 Å². The second-order valence-electron chi connectivity index (χ2n) is 5.88. The smallest absolute Gasteiger partial charge is 0.331 e. The lowest BCUT2D eigenvalue weighted by atomic mass is 10.0. The zero-order chi connectivity index (χ0) is 18.7. The van der Waals surface area contributed by atoms with Crippen LogP contribution in [0, 0.1) is 13.8 Å². The van der Waals surface area contributed by atoms with E-state index in [0.29, 0.717) is 5.56 Å². The van der Waals surface area contributed by atoms with E-state index in [2.05, 4.69) is 5.32 Å². The second kappa shape index (κ2) is 7.16. The van der Waals surface area contributed by atoms with Crippen molar-refractivity contribution in [3.63, 3.8) is 0 Å². The number of rotatable bonds is 5. The van der Waals surface area contributed by atoms with Crippen LogP contribution in [0.2, 0.25) is 0 Å². The quantitative estimate of drug-likeness (QED) is 0.799. The van der Waals surface area contributed by atoms with Crippen molar-refractivity contribution in [2.24, 2.45) is 7.05 Å². The van der Waals surface area contributed by atoms with E-state index in [1.807, 2.05) is 19.9 Å². The van der Waals surface area contributed by atoms with Crippen LogP contribution in [-0.4, -0.2) is 26.1 Å². The number of hydrogen-bond acceptors (Lipinski definition) is 4. The highest BCUT2D eigenvalue weighted by Gasteiger charge is 2.23. The molecule has 0 radical (unpaired) electrons. The van der Waals surface area contributed by atoms with E-state index in [9.17, 15) is 24.3 Å². The van der Waals surface area contributed by atoms with Gasteiger partial charge in [-0.15, -0.1) is 0 Å². The van der Waals surface area contributed by atoms with Crippen LogP contribution in [0.1, 0.15) is 22.7 Å². The highest BCUT2D eigenvalue weighted by atomic mass is 16.4. The Kier molecular flexibility index (Phi) is 5.21. The van der Waals surface area contributed by atoms with Gasteiger partial charge in [-0.25, -0.2) is 9.59 Å². The molecule has 1 aromatic carbocycles. The first kappa shape index (κ1) is 18.2. The van der Waals surface area contributed by atoms with Gasteiger partial charge in [0.05, 0.1) is 0 Å². The maximum absolute atomic E-state index is 12.2. The highest BCUT2D eigenvalue weighted by Crippen LogP contribution is 2.17. The summed E-state index contributed by atoms with van der Waals surface area (Å²) in [4.78, 5) is 47.0. The van der Waals surface area contributed by atoms with Crippen molar-refractivity contribution in [2.75, 3.05) is 0 Å². The molecule has 1 unspecified atom stereocenters. The molecule has 1 aromatic heterocycles. The Morgan fingerprint density at radius 3 is 2.32 bits per heavy atom. The predicted molar refractivity (Wildman–Crippen MR) is 90.4 cm³/mol. The molecule has 0 bridgehead atoms. The fourth-order valence-corrected chi connectivity index (χ4v) is 2.56. The van der Waals surface area contributed by atoms with Crippen molar-refractivity contribution in [1.82, 2.24) is 14.5 Å². The zero-order valence-electron chi connectivity index (χ0n) is 14.1. The van der Waals surface area contributed by atoms with Gasteiger partial charge >= 0.3 is 11.7 Å². The fourth-order valence-electron chi connectivity index (χ4n) is 2.56. The third-order valence-corrected chi connectivity index (χ3v) is 3.70. The van der Waals surface area contributed by atoms with Crippen molar-refractivity contribution in [3.8, 4) is 0 Å². The van der Waals surface area contributed by atoms with E-state index in [-0.39, 0.29) is 6.54 Å². The Balaban J connectivity index is 2.24. The number of nitrogens with one attached hydrogen (secondary N) is 1. The summed E-state index contributed by atoms with van der Waals surface area (Å²) in [5, 5.41) is 11.8. The first-order chi connectivity index (χ1) is 11.7. The molecule has 1 heterocycles. The molecule has 1 amide bonds. The van der Waals surface area contributed by atoms with Crippen LogP contribution >= 0.6 is 0 Å². The van der Waals surface area contributed by atoms with Gasteiger partial charge in [0.15, 0.2) is 6.04 Å². The van der Waals surface area contributed by atoms with Crippen LogP contribution in [0.25, 0.3) is 0 Å². The molecule has 2 N–H and O–H groups in total. The van der Waals surface area contributed by atoms with E-state index in [4.69, 9.17) is 0 Å². The van der Waals surface area contributed by atoms with Gasteiger partial charge in [0, 0.05) is 19.3 Å². The topological polar surface area (TPSA) is 110 Å². The number of benzene rings is 1. The first-order valence-electron chi connectivity index (χ1n) is 7.56. The molecule has 0 aliphatic carbocycles. The molecular formula is C17H19N3O5. The van der Waals surface area contributed by atoms with Crippen molar-refractivity contribution in [2.45, 2.75) is 26.4 Å². The van der Waals surface area contributed by atoms with Crippen molar-refractivity contribution in [1.29, 1.82) is 0 Å². The van der Waals surface area contributed by atoms with Crippen molar-refractivity contribution < 1.29 is 14.7 Å². The molecule has 0 saturated carbocycles. The Labute approximate surface area is 143 Å². The lowest BCUT2D eigenvalue weighted by Gasteiger charge is -2.17. The average molecular weight is 345 g/mol. The second-order valence-corrected chi connectivity index (χ2v) is 5.88. The number of carbonyl (C=O) groups is 2. The van der Waals surface area contributed by atoms with Crippen LogP contribution < -0.4 is 16.6 Å². The lowest BCUT2D eigenvalue weighted by Crippen LogP contribution is -2.42. The summed E-state index contributed by atoms with van der Waals surface area (Å²) < 4.78 is 1.91. The van der Waals surface area contributed by atoms with Crippen LogP contribution in [-0.2, 0) is 23.2 Å². The van der Waals surface area contributed by atoms with Gasteiger partial charge in [-0.2, -0.15) is 0 Å². The van der Waals surface area contributed by atoms with Crippen LogP contribution in [0.4, 0.5) is 0 Å².